The Kier molecular flexibility index (Phi) is 7.46. The number of methoxy groups -OCH3 is 1. The molecule has 146 valence electrons. The molecule has 0 spiro atoms. The summed E-state index contributed by atoms with van der Waals surface area (Å²) in [5.74, 6) is 0.346. The molecule has 0 aromatic heterocycles. The first-order valence-corrected chi connectivity index (χ1v) is 10.8. The number of unbranched alkanes of at least 4 members (excludes halogenated alkanes) is 2. The first-order chi connectivity index (χ1) is 12.4. The van der Waals surface area contributed by atoms with E-state index in [2.05, 4.69) is 12.2 Å². The molecule has 1 aromatic rings. The Morgan fingerprint density at radius 1 is 1.35 bits per heavy atom. The van der Waals surface area contributed by atoms with Gasteiger partial charge in [-0.15, -0.1) is 0 Å². The SMILES string of the molecule is CCCCCNC(=O)[C@H]1CCCN(S(=O)(=O)c2ccc(OC)c(C)c2)C1. The van der Waals surface area contributed by atoms with Crippen LogP contribution in [0.1, 0.15) is 44.6 Å². The van der Waals surface area contributed by atoms with Crippen molar-refractivity contribution < 1.29 is 17.9 Å². The molecule has 1 saturated heterocycles. The Morgan fingerprint density at radius 3 is 2.77 bits per heavy atom. The van der Waals surface area contributed by atoms with E-state index in [9.17, 15) is 13.2 Å². The fourth-order valence-corrected chi connectivity index (χ4v) is 4.88. The van der Waals surface area contributed by atoms with Crippen molar-refractivity contribution in [3.63, 3.8) is 0 Å². The molecular weight excluding hydrogens is 352 g/mol. The van der Waals surface area contributed by atoms with Gasteiger partial charge >= 0.3 is 0 Å². The highest BCUT2D eigenvalue weighted by Gasteiger charge is 2.33. The van der Waals surface area contributed by atoms with Gasteiger partial charge < -0.3 is 10.1 Å². The van der Waals surface area contributed by atoms with Gasteiger partial charge in [-0.2, -0.15) is 4.31 Å². The average molecular weight is 383 g/mol. The van der Waals surface area contributed by atoms with Crippen LogP contribution in [0.2, 0.25) is 0 Å². The number of carbonyl (C=O) groups is 1. The molecule has 1 N–H and O–H groups in total. The molecule has 1 fully saturated rings. The highest BCUT2D eigenvalue weighted by molar-refractivity contribution is 7.89. The number of sulfonamides is 1. The number of hydrogen-bond acceptors (Lipinski definition) is 4. The predicted octanol–water partition coefficient (Wildman–Crippen LogP) is 2.71. The molecule has 1 atom stereocenters. The minimum absolute atomic E-state index is 0.0353. The molecular formula is C19H30N2O4S. The topological polar surface area (TPSA) is 75.7 Å². The summed E-state index contributed by atoms with van der Waals surface area (Å²) in [6.07, 6.45) is 4.58. The second kappa shape index (κ2) is 9.37. The Bertz CT molecular complexity index is 718. The lowest BCUT2D eigenvalue weighted by Gasteiger charge is -2.31. The lowest BCUT2D eigenvalue weighted by Crippen LogP contribution is -2.45. The van der Waals surface area contributed by atoms with Crippen LogP contribution in [0.4, 0.5) is 0 Å². The number of piperidine rings is 1. The van der Waals surface area contributed by atoms with E-state index < -0.39 is 10.0 Å². The fraction of sp³-hybridized carbons (Fsp3) is 0.632. The first-order valence-electron chi connectivity index (χ1n) is 9.32. The van der Waals surface area contributed by atoms with Crippen molar-refractivity contribution in [3.05, 3.63) is 23.8 Å². The van der Waals surface area contributed by atoms with Gasteiger partial charge in [-0.1, -0.05) is 19.8 Å². The summed E-state index contributed by atoms with van der Waals surface area (Å²) < 4.78 is 32.6. The molecule has 6 nitrogen and oxygen atoms in total. The van der Waals surface area contributed by atoms with Gasteiger partial charge in [0.15, 0.2) is 0 Å². The second-order valence-electron chi connectivity index (χ2n) is 6.83. The number of aryl methyl sites for hydroxylation is 1. The molecule has 1 aromatic carbocycles. The Balaban J connectivity index is 2.05. The van der Waals surface area contributed by atoms with Gasteiger partial charge in [-0.05, 0) is 49.9 Å². The molecule has 1 amide bonds. The van der Waals surface area contributed by atoms with Crippen LogP contribution in [0.15, 0.2) is 23.1 Å². The van der Waals surface area contributed by atoms with Gasteiger partial charge in [-0.25, -0.2) is 8.42 Å². The van der Waals surface area contributed by atoms with E-state index in [0.29, 0.717) is 25.3 Å². The van der Waals surface area contributed by atoms with Crippen LogP contribution >= 0.6 is 0 Å². The molecule has 0 radical (unpaired) electrons. The summed E-state index contributed by atoms with van der Waals surface area (Å²) in [5.41, 5.74) is 0.774. The minimum Gasteiger partial charge on any atom is -0.496 e. The minimum atomic E-state index is -3.61. The van der Waals surface area contributed by atoms with Crippen molar-refractivity contribution in [1.82, 2.24) is 9.62 Å². The van der Waals surface area contributed by atoms with Gasteiger partial charge in [-0.3, -0.25) is 4.79 Å². The average Bonchev–Trinajstić information content (AvgIpc) is 2.65. The van der Waals surface area contributed by atoms with Crippen LogP contribution in [0.25, 0.3) is 0 Å². The summed E-state index contributed by atoms with van der Waals surface area (Å²) in [7, 11) is -2.05. The molecule has 0 aliphatic carbocycles. The molecule has 7 heteroatoms. The maximum atomic E-state index is 13.0. The predicted molar refractivity (Wildman–Crippen MR) is 102 cm³/mol. The monoisotopic (exact) mass is 382 g/mol. The molecule has 1 aliphatic heterocycles. The summed E-state index contributed by atoms with van der Waals surface area (Å²) >= 11 is 0. The Hall–Kier alpha value is -1.60. The summed E-state index contributed by atoms with van der Waals surface area (Å²) in [6, 6.07) is 4.86. The third-order valence-electron chi connectivity index (χ3n) is 4.84. The van der Waals surface area contributed by atoms with Crippen LogP contribution in [0.5, 0.6) is 5.75 Å². The maximum absolute atomic E-state index is 13.0. The van der Waals surface area contributed by atoms with Crippen molar-refractivity contribution in [3.8, 4) is 5.75 Å². The number of amides is 1. The van der Waals surface area contributed by atoms with Crippen molar-refractivity contribution >= 4 is 15.9 Å². The van der Waals surface area contributed by atoms with E-state index in [1.807, 2.05) is 6.92 Å². The van der Waals surface area contributed by atoms with Crippen LogP contribution < -0.4 is 10.1 Å². The maximum Gasteiger partial charge on any atom is 0.243 e. The number of benzene rings is 1. The third-order valence-corrected chi connectivity index (χ3v) is 6.70. The molecule has 0 saturated carbocycles. The highest BCUT2D eigenvalue weighted by Crippen LogP contribution is 2.27. The summed E-state index contributed by atoms with van der Waals surface area (Å²) in [6.45, 7) is 5.29. The van der Waals surface area contributed by atoms with Gasteiger partial charge in [0.2, 0.25) is 15.9 Å². The smallest absolute Gasteiger partial charge is 0.243 e. The van der Waals surface area contributed by atoms with Crippen molar-refractivity contribution in [2.75, 3.05) is 26.7 Å². The van der Waals surface area contributed by atoms with E-state index in [-0.39, 0.29) is 23.3 Å². The van der Waals surface area contributed by atoms with E-state index >= 15 is 0 Å². The number of rotatable bonds is 8. The Labute approximate surface area is 157 Å². The quantitative estimate of drug-likeness (QED) is 0.702. The molecule has 1 heterocycles. The normalized spacial score (nSPS) is 18.5. The zero-order chi connectivity index (χ0) is 19.2. The van der Waals surface area contributed by atoms with Crippen molar-refractivity contribution in [2.24, 2.45) is 5.92 Å². The molecule has 2 rings (SSSR count). The first kappa shape index (κ1) is 20.7. The molecule has 1 aliphatic rings. The lowest BCUT2D eigenvalue weighted by atomic mass is 9.99. The van der Waals surface area contributed by atoms with E-state index in [1.165, 1.54) is 4.31 Å². The van der Waals surface area contributed by atoms with Crippen LogP contribution in [0, 0.1) is 12.8 Å². The number of nitrogens with zero attached hydrogens (tertiary/aromatic N) is 1. The number of nitrogens with one attached hydrogen (secondary N) is 1. The highest BCUT2D eigenvalue weighted by atomic mass is 32.2. The summed E-state index contributed by atoms with van der Waals surface area (Å²) in [5, 5.41) is 2.95. The molecule has 0 unspecified atom stereocenters. The van der Waals surface area contributed by atoms with Gasteiger partial charge in [0, 0.05) is 19.6 Å². The Morgan fingerprint density at radius 2 is 2.12 bits per heavy atom. The fourth-order valence-electron chi connectivity index (χ4n) is 3.27. The summed E-state index contributed by atoms with van der Waals surface area (Å²) in [4.78, 5) is 12.6. The van der Waals surface area contributed by atoms with Crippen molar-refractivity contribution in [1.29, 1.82) is 0 Å². The largest absolute Gasteiger partial charge is 0.496 e. The number of ether oxygens (including phenoxy) is 1. The number of carbonyl (C=O) groups excluding carboxylic acids is 1. The van der Waals surface area contributed by atoms with Gasteiger partial charge in [0.1, 0.15) is 5.75 Å². The van der Waals surface area contributed by atoms with E-state index in [4.69, 9.17) is 4.74 Å². The van der Waals surface area contributed by atoms with Crippen LogP contribution in [0.3, 0.4) is 0 Å². The van der Waals surface area contributed by atoms with Gasteiger partial charge in [0.25, 0.3) is 0 Å². The lowest BCUT2D eigenvalue weighted by molar-refractivity contribution is -0.126. The second-order valence-corrected chi connectivity index (χ2v) is 8.77. The van der Waals surface area contributed by atoms with E-state index in [1.54, 1.807) is 25.3 Å². The molecule has 0 bridgehead atoms. The van der Waals surface area contributed by atoms with Gasteiger partial charge in [0.05, 0.1) is 17.9 Å². The van der Waals surface area contributed by atoms with Crippen LogP contribution in [-0.2, 0) is 14.8 Å². The van der Waals surface area contributed by atoms with E-state index in [0.717, 1.165) is 31.2 Å². The number of hydrogen-bond donors (Lipinski definition) is 1. The molecule has 26 heavy (non-hydrogen) atoms. The zero-order valence-electron chi connectivity index (χ0n) is 16.0. The third kappa shape index (κ3) is 4.98. The van der Waals surface area contributed by atoms with Crippen molar-refractivity contribution in [2.45, 2.75) is 50.8 Å². The standard InChI is InChI=1S/C19H30N2O4S/c1-4-5-6-11-20-19(22)16-8-7-12-21(14-16)26(23,24)17-9-10-18(25-3)15(2)13-17/h9-10,13,16H,4-8,11-12,14H2,1-3H3,(H,20,22)/t16-/m0/s1. The zero-order valence-corrected chi connectivity index (χ0v) is 16.8. The van der Waals surface area contributed by atoms with Crippen LogP contribution in [-0.4, -0.2) is 45.4 Å².